The number of hydrogen-bond donors (Lipinski definition) is 0. The summed E-state index contributed by atoms with van der Waals surface area (Å²) in [4.78, 5) is 4.50. The van der Waals surface area contributed by atoms with Crippen LogP contribution in [0.15, 0.2) is 36.4 Å². The van der Waals surface area contributed by atoms with Crippen LogP contribution < -0.4 is 0 Å². The van der Waals surface area contributed by atoms with Crippen molar-refractivity contribution in [3.05, 3.63) is 58.1 Å². The van der Waals surface area contributed by atoms with Crippen LogP contribution in [0.5, 0.6) is 0 Å². The lowest BCUT2D eigenvalue weighted by Crippen LogP contribution is -2.03. The van der Waals surface area contributed by atoms with E-state index in [1.807, 2.05) is 0 Å². The molecule has 0 N–H and O–H groups in total. The van der Waals surface area contributed by atoms with Crippen LogP contribution in [0.3, 0.4) is 0 Å². The van der Waals surface area contributed by atoms with Gasteiger partial charge in [0, 0.05) is 23.4 Å². The van der Waals surface area contributed by atoms with E-state index in [2.05, 4.69) is 4.98 Å². The van der Waals surface area contributed by atoms with Gasteiger partial charge in [0.15, 0.2) is 0 Å². The summed E-state index contributed by atoms with van der Waals surface area (Å²) in [7, 11) is 0. The fraction of sp³-hybridized carbons (Fsp3) is 0.133. The summed E-state index contributed by atoms with van der Waals surface area (Å²) >= 11 is 18.2. The van der Waals surface area contributed by atoms with Gasteiger partial charge in [0.05, 0.1) is 21.7 Å². The van der Waals surface area contributed by atoms with E-state index in [-0.39, 0.29) is 5.82 Å². The number of hydrogen-bond acceptors (Lipinski definition) is 1. The molecule has 0 fully saturated rings. The summed E-state index contributed by atoms with van der Waals surface area (Å²) in [6.07, 6.45) is 0.542. The third-order valence-electron chi connectivity index (χ3n) is 3.15. The molecule has 108 valence electrons. The molecule has 0 bridgehead atoms. The number of alkyl halides is 1. The maximum absolute atomic E-state index is 13.6. The minimum Gasteiger partial charge on any atom is -0.295 e. The Labute approximate surface area is 136 Å². The lowest BCUT2D eigenvalue weighted by molar-refractivity contribution is 0.629. The lowest BCUT2D eigenvalue weighted by Gasteiger charge is -2.11. The van der Waals surface area contributed by atoms with E-state index in [1.54, 1.807) is 28.8 Å². The van der Waals surface area contributed by atoms with Crippen molar-refractivity contribution in [2.24, 2.45) is 0 Å². The molecule has 0 amide bonds. The molecule has 0 radical (unpaired) electrons. The first-order valence-electron chi connectivity index (χ1n) is 6.28. The molecule has 3 rings (SSSR count). The van der Waals surface area contributed by atoms with Gasteiger partial charge in [0.25, 0.3) is 0 Å². The normalized spacial score (nSPS) is 11.2. The zero-order valence-corrected chi connectivity index (χ0v) is 13.1. The molecule has 1 aromatic heterocycles. The van der Waals surface area contributed by atoms with Crippen molar-refractivity contribution < 1.29 is 4.39 Å². The van der Waals surface area contributed by atoms with Gasteiger partial charge < -0.3 is 0 Å². The van der Waals surface area contributed by atoms with Crippen molar-refractivity contribution in [1.29, 1.82) is 0 Å². The second-order valence-corrected chi connectivity index (χ2v) is 5.75. The molecule has 0 aliphatic rings. The third kappa shape index (κ3) is 2.73. The number of imidazole rings is 1. The minimum atomic E-state index is -0.334. The maximum Gasteiger partial charge on any atom is 0.125 e. The number of aromatic nitrogens is 2. The largest absolute Gasteiger partial charge is 0.295 e. The van der Waals surface area contributed by atoms with Crippen molar-refractivity contribution in [2.75, 3.05) is 5.88 Å². The first kappa shape index (κ1) is 14.6. The second-order valence-electron chi connectivity index (χ2n) is 4.53. The fourth-order valence-corrected chi connectivity index (χ4v) is 2.81. The molecule has 0 spiro atoms. The molecule has 2 aromatic carbocycles. The van der Waals surface area contributed by atoms with Crippen LogP contribution in [0.25, 0.3) is 16.7 Å². The SMILES string of the molecule is Fc1ccc2nc(CCCl)n(-c3cc(Cl)ccc3Cl)c2c1. The van der Waals surface area contributed by atoms with Crippen molar-refractivity contribution in [1.82, 2.24) is 9.55 Å². The molecule has 0 aliphatic carbocycles. The Kier molecular flexibility index (Phi) is 4.07. The first-order chi connectivity index (χ1) is 10.1. The van der Waals surface area contributed by atoms with Gasteiger partial charge in [0.2, 0.25) is 0 Å². The van der Waals surface area contributed by atoms with E-state index in [0.717, 1.165) is 5.82 Å². The molecular formula is C15H10Cl3FN2. The van der Waals surface area contributed by atoms with Crippen LogP contribution in [-0.4, -0.2) is 15.4 Å². The Hall–Kier alpha value is -1.29. The molecule has 21 heavy (non-hydrogen) atoms. The minimum absolute atomic E-state index is 0.334. The highest BCUT2D eigenvalue weighted by atomic mass is 35.5. The van der Waals surface area contributed by atoms with Gasteiger partial charge >= 0.3 is 0 Å². The predicted molar refractivity (Wildman–Crippen MR) is 85.5 cm³/mol. The zero-order chi connectivity index (χ0) is 15.0. The Morgan fingerprint density at radius 1 is 1.10 bits per heavy atom. The third-order valence-corrected chi connectivity index (χ3v) is 3.90. The van der Waals surface area contributed by atoms with Crippen molar-refractivity contribution in [3.63, 3.8) is 0 Å². The molecule has 0 atom stereocenters. The Balaban J connectivity index is 2.35. The van der Waals surface area contributed by atoms with Crippen LogP contribution in [0.2, 0.25) is 10.0 Å². The molecule has 3 aromatic rings. The first-order valence-corrected chi connectivity index (χ1v) is 7.57. The molecule has 0 saturated heterocycles. The molecule has 1 heterocycles. The summed E-state index contributed by atoms with van der Waals surface area (Å²) in [6.45, 7) is 0. The number of aryl methyl sites for hydroxylation is 1. The summed E-state index contributed by atoms with van der Waals surface area (Å²) in [5, 5.41) is 1.06. The van der Waals surface area contributed by atoms with Gasteiger partial charge in [-0.15, -0.1) is 11.6 Å². The number of benzene rings is 2. The van der Waals surface area contributed by atoms with Gasteiger partial charge in [0.1, 0.15) is 11.6 Å². The Morgan fingerprint density at radius 2 is 1.90 bits per heavy atom. The predicted octanol–water partition coefficient (Wildman–Crippen LogP) is 5.25. The summed E-state index contributed by atoms with van der Waals surface area (Å²) < 4.78 is 15.4. The summed E-state index contributed by atoms with van der Waals surface area (Å²) in [5.41, 5.74) is 1.99. The quantitative estimate of drug-likeness (QED) is 0.594. The van der Waals surface area contributed by atoms with Crippen LogP contribution in [0.4, 0.5) is 4.39 Å². The number of rotatable bonds is 3. The van der Waals surface area contributed by atoms with Crippen LogP contribution in [0, 0.1) is 5.82 Å². The topological polar surface area (TPSA) is 17.8 Å². The molecule has 0 saturated carbocycles. The lowest BCUT2D eigenvalue weighted by atomic mass is 10.2. The van der Waals surface area contributed by atoms with Gasteiger partial charge in [-0.3, -0.25) is 4.57 Å². The van der Waals surface area contributed by atoms with E-state index in [4.69, 9.17) is 34.8 Å². The number of halogens is 4. The Morgan fingerprint density at radius 3 is 2.67 bits per heavy atom. The smallest absolute Gasteiger partial charge is 0.125 e. The van der Waals surface area contributed by atoms with Crippen LogP contribution in [0.1, 0.15) is 5.82 Å². The van der Waals surface area contributed by atoms with Crippen molar-refractivity contribution in [2.45, 2.75) is 6.42 Å². The Bertz CT molecular complexity index is 814. The monoisotopic (exact) mass is 342 g/mol. The van der Waals surface area contributed by atoms with E-state index < -0.39 is 0 Å². The number of nitrogens with zero attached hydrogens (tertiary/aromatic N) is 2. The molecule has 0 aliphatic heterocycles. The van der Waals surface area contributed by atoms with E-state index in [1.165, 1.54) is 12.1 Å². The van der Waals surface area contributed by atoms with Crippen LogP contribution in [-0.2, 0) is 6.42 Å². The second kappa shape index (κ2) is 5.84. The molecule has 2 nitrogen and oxygen atoms in total. The van der Waals surface area contributed by atoms with Gasteiger partial charge in [-0.2, -0.15) is 0 Å². The van der Waals surface area contributed by atoms with Crippen molar-refractivity contribution >= 4 is 45.8 Å². The average Bonchev–Trinajstić information content (AvgIpc) is 2.79. The van der Waals surface area contributed by atoms with Gasteiger partial charge in [-0.1, -0.05) is 23.2 Å². The van der Waals surface area contributed by atoms with Crippen molar-refractivity contribution in [3.8, 4) is 5.69 Å². The molecular weight excluding hydrogens is 334 g/mol. The molecule has 0 unspecified atom stereocenters. The highest BCUT2D eigenvalue weighted by molar-refractivity contribution is 6.34. The highest BCUT2D eigenvalue weighted by Crippen LogP contribution is 2.30. The fourth-order valence-electron chi connectivity index (χ4n) is 2.28. The van der Waals surface area contributed by atoms with Gasteiger partial charge in [-0.05, 0) is 30.3 Å². The summed E-state index contributed by atoms with van der Waals surface area (Å²) in [6, 6.07) is 9.58. The summed E-state index contributed by atoms with van der Waals surface area (Å²) in [5.74, 6) is 0.790. The van der Waals surface area contributed by atoms with Gasteiger partial charge in [-0.25, -0.2) is 9.37 Å². The van der Waals surface area contributed by atoms with E-state index in [9.17, 15) is 4.39 Å². The van der Waals surface area contributed by atoms with Crippen LogP contribution >= 0.6 is 34.8 Å². The maximum atomic E-state index is 13.6. The molecule has 6 heteroatoms. The zero-order valence-electron chi connectivity index (χ0n) is 10.8. The highest BCUT2D eigenvalue weighted by Gasteiger charge is 2.15. The number of fused-ring (bicyclic) bond motifs is 1. The van der Waals surface area contributed by atoms with E-state index >= 15 is 0 Å². The standard InChI is InChI=1S/C15H10Cl3FN2/c16-6-5-15-20-12-4-2-10(19)8-14(12)21(15)13-7-9(17)1-3-11(13)18/h1-4,7-8H,5-6H2. The average molecular weight is 344 g/mol. The van der Waals surface area contributed by atoms with E-state index in [0.29, 0.717) is 39.1 Å².